The second-order valence-electron chi connectivity index (χ2n) is 6.16. The molecule has 0 radical (unpaired) electrons. The molecular weight excluding hydrogens is 346 g/mol. The molecule has 134 valence electrons. The summed E-state index contributed by atoms with van der Waals surface area (Å²) in [6.07, 6.45) is 1.77. The first-order valence-corrected chi connectivity index (χ1v) is 9.37. The van der Waals surface area contributed by atoms with Crippen molar-refractivity contribution >= 4 is 35.0 Å². The van der Waals surface area contributed by atoms with Gasteiger partial charge in [0.25, 0.3) is 5.91 Å². The van der Waals surface area contributed by atoms with Crippen LogP contribution < -0.4 is 4.90 Å². The molecule has 0 fully saturated rings. The van der Waals surface area contributed by atoms with Gasteiger partial charge >= 0.3 is 5.97 Å². The molecule has 0 N–H and O–H groups in total. The number of esters is 1. The molecule has 5 heteroatoms. The van der Waals surface area contributed by atoms with Crippen molar-refractivity contribution in [3.8, 4) is 0 Å². The summed E-state index contributed by atoms with van der Waals surface area (Å²) >= 11 is 1.52. The van der Waals surface area contributed by atoms with Crippen molar-refractivity contribution in [1.82, 2.24) is 0 Å². The van der Waals surface area contributed by atoms with Gasteiger partial charge in [-0.1, -0.05) is 12.1 Å². The molecule has 1 aromatic heterocycles. The van der Waals surface area contributed by atoms with Crippen molar-refractivity contribution in [3.63, 3.8) is 0 Å². The third-order valence-corrected chi connectivity index (χ3v) is 5.28. The average Bonchev–Trinajstić information content (AvgIpc) is 3.18. The van der Waals surface area contributed by atoms with Gasteiger partial charge < -0.3 is 4.74 Å². The highest BCUT2D eigenvalue weighted by Crippen LogP contribution is 2.36. The van der Waals surface area contributed by atoms with Gasteiger partial charge in [-0.3, -0.25) is 9.69 Å². The van der Waals surface area contributed by atoms with Crippen LogP contribution in [-0.4, -0.2) is 18.5 Å². The number of nitrogens with zero attached hydrogens (tertiary/aromatic N) is 1. The predicted molar refractivity (Wildman–Crippen MR) is 105 cm³/mol. The minimum absolute atomic E-state index is 0.206. The van der Waals surface area contributed by atoms with Crippen LogP contribution in [0.2, 0.25) is 0 Å². The predicted octanol–water partition coefficient (Wildman–Crippen LogP) is 4.63. The zero-order valence-electron chi connectivity index (χ0n) is 15.3. The second-order valence-corrected chi connectivity index (χ2v) is 7.14. The second kappa shape index (κ2) is 7.30. The van der Waals surface area contributed by atoms with Gasteiger partial charge in [0, 0.05) is 16.3 Å². The first kappa shape index (κ1) is 18.1. The smallest absolute Gasteiger partial charge is 0.340 e. The number of carbonyl (C=O) groups is 2. The van der Waals surface area contributed by atoms with Gasteiger partial charge in [0.2, 0.25) is 0 Å². The number of amides is 1. The molecule has 0 saturated carbocycles. The van der Waals surface area contributed by atoms with Gasteiger partial charge in [0.1, 0.15) is 0 Å². The molecule has 1 aliphatic rings. The number of hydrogen-bond acceptors (Lipinski definition) is 4. The first-order chi connectivity index (χ1) is 12.4. The van der Waals surface area contributed by atoms with E-state index in [4.69, 9.17) is 4.74 Å². The third kappa shape index (κ3) is 3.22. The molecular formula is C21H21NO3S. The van der Waals surface area contributed by atoms with Crippen LogP contribution in [0.1, 0.15) is 29.9 Å². The van der Waals surface area contributed by atoms with Crippen LogP contribution in [0.3, 0.4) is 0 Å². The summed E-state index contributed by atoms with van der Waals surface area (Å²) in [5.74, 6) is -0.672. The molecule has 0 spiro atoms. The van der Waals surface area contributed by atoms with E-state index in [2.05, 4.69) is 0 Å². The van der Waals surface area contributed by atoms with Gasteiger partial charge in [-0.2, -0.15) is 0 Å². The fraction of sp³-hybridized carbons (Fsp3) is 0.238. The maximum absolute atomic E-state index is 13.2. The van der Waals surface area contributed by atoms with Crippen LogP contribution in [0.4, 0.5) is 5.69 Å². The number of thiophene rings is 1. The maximum atomic E-state index is 13.2. The van der Waals surface area contributed by atoms with E-state index in [1.54, 1.807) is 24.8 Å². The molecule has 0 saturated heterocycles. The molecule has 1 amide bonds. The van der Waals surface area contributed by atoms with Gasteiger partial charge in [0.15, 0.2) is 0 Å². The summed E-state index contributed by atoms with van der Waals surface area (Å²) in [5.41, 5.74) is 4.31. The molecule has 2 aromatic rings. The average molecular weight is 367 g/mol. The Morgan fingerprint density at radius 1 is 1.19 bits per heavy atom. The van der Waals surface area contributed by atoms with Crippen LogP contribution in [0.25, 0.3) is 6.08 Å². The number of allylic oxidation sites excluding steroid dienone is 1. The number of ether oxygens (including phenoxy) is 1. The number of aryl methyl sites for hydroxylation is 2. The van der Waals surface area contributed by atoms with Crippen molar-refractivity contribution in [2.24, 2.45) is 0 Å². The zero-order valence-corrected chi connectivity index (χ0v) is 16.1. The number of rotatable bonds is 4. The Hall–Kier alpha value is -2.66. The highest BCUT2D eigenvalue weighted by Gasteiger charge is 2.38. The quantitative estimate of drug-likeness (QED) is 0.584. The summed E-state index contributed by atoms with van der Waals surface area (Å²) < 4.78 is 5.21. The van der Waals surface area contributed by atoms with E-state index >= 15 is 0 Å². The van der Waals surface area contributed by atoms with E-state index in [1.807, 2.05) is 49.6 Å². The molecule has 1 aliphatic heterocycles. The Labute approximate surface area is 157 Å². The van der Waals surface area contributed by atoms with E-state index in [0.717, 1.165) is 21.7 Å². The minimum atomic E-state index is -0.465. The van der Waals surface area contributed by atoms with Gasteiger partial charge in [-0.25, -0.2) is 4.79 Å². The molecule has 0 unspecified atom stereocenters. The van der Waals surface area contributed by atoms with Crippen molar-refractivity contribution in [2.75, 3.05) is 11.5 Å². The Balaban J connectivity index is 2.13. The lowest BCUT2D eigenvalue weighted by molar-refractivity contribution is -0.138. The molecule has 2 heterocycles. The highest BCUT2D eigenvalue weighted by molar-refractivity contribution is 7.10. The molecule has 1 aromatic carbocycles. The molecule has 0 bridgehead atoms. The number of carbonyl (C=O) groups excluding carboxylic acids is 2. The number of anilines is 1. The van der Waals surface area contributed by atoms with Gasteiger partial charge in [-0.15, -0.1) is 11.3 Å². The van der Waals surface area contributed by atoms with Crippen LogP contribution in [-0.2, 0) is 14.3 Å². The topological polar surface area (TPSA) is 46.6 Å². The molecule has 3 rings (SSSR count). The number of benzene rings is 1. The first-order valence-electron chi connectivity index (χ1n) is 8.49. The third-order valence-electron chi connectivity index (χ3n) is 4.46. The molecule has 0 aliphatic carbocycles. The lowest BCUT2D eigenvalue weighted by Crippen LogP contribution is -2.24. The van der Waals surface area contributed by atoms with Gasteiger partial charge in [0.05, 0.1) is 17.8 Å². The summed E-state index contributed by atoms with van der Waals surface area (Å²) in [6, 6.07) is 9.68. The van der Waals surface area contributed by atoms with Crippen molar-refractivity contribution in [1.29, 1.82) is 0 Å². The van der Waals surface area contributed by atoms with Crippen LogP contribution >= 0.6 is 11.3 Å². The normalized spacial score (nSPS) is 15.9. The Kier molecular flexibility index (Phi) is 5.09. The highest BCUT2D eigenvalue weighted by atomic mass is 32.1. The SMILES string of the molecule is CCOC(=O)C1=C(C)N(c2ccc(C)c(C)c2)C(=O)C1=Cc1cccs1. The summed E-state index contributed by atoms with van der Waals surface area (Å²) in [4.78, 5) is 28.2. The molecule has 4 nitrogen and oxygen atoms in total. The van der Waals surface area contributed by atoms with E-state index < -0.39 is 5.97 Å². The summed E-state index contributed by atoms with van der Waals surface area (Å²) in [5, 5.41) is 1.94. The van der Waals surface area contributed by atoms with Crippen LogP contribution in [0, 0.1) is 13.8 Å². The monoisotopic (exact) mass is 367 g/mol. The molecule has 0 atom stereocenters. The summed E-state index contributed by atoms with van der Waals surface area (Å²) in [7, 11) is 0. The Morgan fingerprint density at radius 2 is 1.96 bits per heavy atom. The largest absolute Gasteiger partial charge is 0.462 e. The standard InChI is InChI=1S/C21H21NO3S/c1-5-25-21(24)19-15(4)22(16-9-8-13(2)14(3)11-16)20(23)18(19)12-17-7-6-10-26-17/h6-12H,5H2,1-4H3. The Morgan fingerprint density at radius 3 is 2.58 bits per heavy atom. The van der Waals surface area contributed by atoms with Gasteiger partial charge in [-0.05, 0) is 68.5 Å². The van der Waals surface area contributed by atoms with Crippen LogP contribution in [0.5, 0.6) is 0 Å². The van der Waals surface area contributed by atoms with E-state index in [9.17, 15) is 9.59 Å². The van der Waals surface area contributed by atoms with E-state index in [0.29, 0.717) is 16.8 Å². The van der Waals surface area contributed by atoms with Crippen molar-refractivity contribution in [2.45, 2.75) is 27.7 Å². The minimum Gasteiger partial charge on any atom is -0.462 e. The fourth-order valence-corrected chi connectivity index (χ4v) is 3.63. The van der Waals surface area contributed by atoms with Crippen molar-refractivity contribution < 1.29 is 14.3 Å². The Bertz CT molecular complexity index is 923. The van der Waals surface area contributed by atoms with Crippen LogP contribution in [0.15, 0.2) is 52.6 Å². The fourth-order valence-electron chi connectivity index (χ4n) is 2.97. The van der Waals surface area contributed by atoms with E-state index in [1.165, 1.54) is 11.3 Å². The molecule has 26 heavy (non-hydrogen) atoms. The lowest BCUT2D eigenvalue weighted by atomic mass is 10.1. The maximum Gasteiger partial charge on any atom is 0.340 e. The van der Waals surface area contributed by atoms with Crippen molar-refractivity contribution in [3.05, 3.63) is 68.6 Å². The summed E-state index contributed by atoms with van der Waals surface area (Å²) in [6.45, 7) is 7.84. The number of hydrogen-bond donors (Lipinski definition) is 0. The zero-order chi connectivity index (χ0) is 18.8. The lowest BCUT2D eigenvalue weighted by Gasteiger charge is -2.19. The van der Waals surface area contributed by atoms with E-state index in [-0.39, 0.29) is 12.5 Å².